The third-order valence-electron chi connectivity index (χ3n) is 2.45. The molecule has 0 N–H and O–H groups in total. The van der Waals surface area contributed by atoms with Crippen LogP contribution in [0.5, 0.6) is 11.6 Å². The lowest BCUT2D eigenvalue weighted by atomic mass is 10.1. The quantitative estimate of drug-likeness (QED) is 0.784. The van der Waals surface area contributed by atoms with Gasteiger partial charge < -0.3 is 4.74 Å². The minimum atomic E-state index is 0.351. The van der Waals surface area contributed by atoms with Gasteiger partial charge in [0.25, 0.3) is 0 Å². The van der Waals surface area contributed by atoms with Gasteiger partial charge in [0.15, 0.2) is 0 Å². The van der Waals surface area contributed by atoms with E-state index in [2.05, 4.69) is 25.9 Å². The molecule has 2 rings (SSSR count). The maximum atomic E-state index is 5.66. The van der Waals surface area contributed by atoms with Crippen LogP contribution in [0.3, 0.4) is 0 Å². The van der Waals surface area contributed by atoms with Gasteiger partial charge in [0.1, 0.15) is 5.75 Å². The molecule has 0 unspecified atom stereocenters. The number of hydrogen-bond acceptors (Lipinski definition) is 3. The maximum Gasteiger partial charge on any atom is 0.237 e. The molecule has 0 saturated carbocycles. The standard InChI is InChI=1S/C13H12BrClN2O/c1-8-3-11(4-9(2)13(8)14)18-12-7-16-10(5-15)6-17-12/h3-4,6-7H,5H2,1-2H3. The van der Waals surface area contributed by atoms with Gasteiger partial charge in [-0.05, 0) is 37.1 Å². The first-order valence-corrected chi connectivity index (χ1v) is 6.74. The molecule has 2 aromatic rings. The lowest BCUT2D eigenvalue weighted by Crippen LogP contribution is -1.93. The summed E-state index contributed by atoms with van der Waals surface area (Å²) in [6.07, 6.45) is 3.19. The fourth-order valence-corrected chi connectivity index (χ4v) is 1.92. The maximum absolute atomic E-state index is 5.66. The van der Waals surface area contributed by atoms with Crippen LogP contribution in [0, 0.1) is 13.8 Å². The Labute approximate surface area is 119 Å². The van der Waals surface area contributed by atoms with E-state index in [1.807, 2.05) is 26.0 Å². The highest BCUT2D eigenvalue weighted by Gasteiger charge is 2.05. The number of halogens is 2. The summed E-state index contributed by atoms with van der Waals surface area (Å²) in [6, 6.07) is 3.91. The van der Waals surface area contributed by atoms with Gasteiger partial charge >= 0.3 is 0 Å². The molecule has 0 saturated heterocycles. The highest BCUT2D eigenvalue weighted by Crippen LogP contribution is 2.28. The number of aryl methyl sites for hydroxylation is 2. The van der Waals surface area contributed by atoms with Crippen molar-refractivity contribution in [1.82, 2.24) is 9.97 Å². The van der Waals surface area contributed by atoms with Gasteiger partial charge in [-0.15, -0.1) is 11.6 Å². The molecule has 5 heteroatoms. The first kappa shape index (κ1) is 13.3. The molecule has 0 amide bonds. The lowest BCUT2D eigenvalue weighted by molar-refractivity contribution is 0.458. The number of ether oxygens (including phenoxy) is 1. The predicted octanol–water partition coefficient (Wildman–Crippen LogP) is 4.39. The molecule has 94 valence electrons. The molecule has 0 radical (unpaired) electrons. The fraction of sp³-hybridized carbons (Fsp3) is 0.231. The Bertz CT molecular complexity index is 534. The average molecular weight is 328 g/mol. The summed E-state index contributed by atoms with van der Waals surface area (Å²) in [5.41, 5.74) is 2.97. The Morgan fingerprint density at radius 2 is 1.83 bits per heavy atom. The first-order valence-electron chi connectivity index (χ1n) is 5.41. The molecule has 1 heterocycles. The van der Waals surface area contributed by atoms with Gasteiger partial charge in [-0.3, -0.25) is 4.98 Å². The van der Waals surface area contributed by atoms with Gasteiger partial charge in [0.2, 0.25) is 5.88 Å². The first-order chi connectivity index (χ1) is 8.60. The number of alkyl halides is 1. The molecule has 0 fully saturated rings. The second kappa shape index (κ2) is 5.67. The van der Waals surface area contributed by atoms with E-state index >= 15 is 0 Å². The van der Waals surface area contributed by atoms with Crippen LogP contribution in [-0.4, -0.2) is 9.97 Å². The van der Waals surface area contributed by atoms with Crippen molar-refractivity contribution in [3.05, 3.63) is 45.8 Å². The smallest absolute Gasteiger partial charge is 0.237 e. The van der Waals surface area contributed by atoms with Crippen LogP contribution in [0.25, 0.3) is 0 Å². The van der Waals surface area contributed by atoms with Gasteiger partial charge in [-0.2, -0.15) is 0 Å². The molecular formula is C13H12BrClN2O. The van der Waals surface area contributed by atoms with E-state index in [1.54, 1.807) is 12.4 Å². The minimum Gasteiger partial charge on any atom is -0.437 e. The van der Waals surface area contributed by atoms with Gasteiger partial charge in [-0.25, -0.2) is 4.98 Å². The molecule has 0 aliphatic carbocycles. The molecule has 3 nitrogen and oxygen atoms in total. The summed E-state index contributed by atoms with van der Waals surface area (Å²) < 4.78 is 6.75. The third kappa shape index (κ3) is 3.00. The Balaban J connectivity index is 2.23. The van der Waals surface area contributed by atoms with Crippen molar-refractivity contribution in [3.8, 4) is 11.6 Å². The zero-order valence-corrected chi connectivity index (χ0v) is 12.4. The second-order valence-corrected chi connectivity index (χ2v) is 5.01. The molecule has 0 aliphatic heterocycles. The molecule has 18 heavy (non-hydrogen) atoms. The van der Waals surface area contributed by atoms with E-state index in [0.717, 1.165) is 27.0 Å². The Morgan fingerprint density at radius 1 is 1.17 bits per heavy atom. The number of aromatic nitrogens is 2. The molecule has 0 aliphatic rings. The Kier molecular flexibility index (Phi) is 4.19. The molecule has 1 aromatic heterocycles. The largest absolute Gasteiger partial charge is 0.437 e. The van der Waals surface area contributed by atoms with Gasteiger partial charge in [-0.1, -0.05) is 15.9 Å². The van der Waals surface area contributed by atoms with E-state index in [4.69, 9.17) is 16.3 Å². The van der Waals surface area contributed by atoms with E-state index in [-0.39, 0.29) is 0 Å². The average Bonchev–Trinajstić information content (AvgIpc) is 2.37. The molecule has 0 bridgehead atoms. The summed E-state index contributed by atoms with van der Waals surface area (Å²) >= 11 is 9.17. The van der Waals surface area contributed by atoms with Crippen LogP contribution in [0.2, 0.25) is 0 Å². The monoisotopic (exact) mass is 326 g/mol. The lowest BCUT2D eigenvalue weighted by Gasteiger charge is -2.09. The topological polar surface area (TPSA) is 35.0 Å². The fourth-order valence-electron chi connectivity index (χ4n) is 1.55. The third-order valence-corrected chi connectivity index (χ3v) is 3.98. The van der Waals surface area contributed by atoms with Crippen molar-refractivity contribution in [3.63, 3.8) is 0 Å². The highest BCUT2D eigenvalue weighted by atomic mass is 79.9. The van der Waals surface area contributed by atoms with Crippen LogP contribution in [0.4, 0.5) is 0 Å². The van der Waals surface area contributed by atoms with E-state index in [9.17, 15) is 0 Å². The number of benzene rings is 1. The van der Waals surface area contributed by atoms with Gasteiger partial charge in [0.05, 0.1) is 24.0 Å². The highest BCUT2D eigenvalue weighted by molar-refractivity contribution is 9.10. The van der Waals surface area contributed by atoms with Crippen molar-refractivity contribution < 1.29 is 4.74 Å². The summed E-state index contributed by atoms with van der Waals surface area (Å²) in [7, 11) is 0. The van der Waals surface area contributed by atoms with Crippen molar-refractivity contribution in [2.75, 3.05) is 0 Å². The zero-order chi connectivity index (χ0) is 13.1. The Hall–Kier alpha value is -1.13. The van der Waals surface area contributed by atoms with Crippen LogP contribution in [-0.2, 0) is 5.88 Å². The van der Waals surface area contributed by atoms with Gasteiger partial charge in [0, 0.05) is 4.47 Å². The van der Waals surface area contributed by atoms with E-state index in [0.29, 0.717) is 11.8 Å². The molecule has 0 atom stereocenters. The molecule has 0 spiro atoms. The SMILES string of the molecule is Cc1cc(Oc2cnc(CCl)cn2)cc(C)c1Br. The van der Waals surface area contributed by atoms with Crippen LogP contribution in [0.1, 0.15) is 16.8 Å². The normalized spacial score (nSPS) is 10.4. The summed E-state index contributed by atoms with van der Waals surface area (Å²) in [4.78, 5) is 8.27. The van der Waals surface area contributed by atoms with Crippen molar-refractivity contribution in [2.45, 2.75) is 19.7 Å². The minimum absolute atomic E-state index is 0.351. The predicted molar refractivity (Wildman–Crippen MR) is 75.3 cm³/mol. The Morgan fingerprint density at radius 3 is 2.33 bits per heavy atom. The van der Waals surface area contributed by atoms with Crippen LogP contribution in [0.15, 0.2) is 29.0 Å². The number of rotatable bonds is 3. The molecule has 1 aromatic carbocycles. The van der Waals surface area contributed by atoms with E-state index in [1.165, 1.54) is 0 Å². The van der Waals surface area contributed by atoms with Crippen molar-refractivity contribution in [2.24, 2.45) is 0 Å². The van der Waals surface area contributed by atoms with E-state index < -0.39 is 0 Å². The van der Waals surface area contributed by atoms with Crippen LogP contribution >= 0.6 is 27.5 Å². The van der Waals surface area contributed by atoms with Crippen molar-refractivity contribution >= 4 is 27.5 Å². The second-order valence-electron chi connectivity index (χ2n) is 3.95. The summed E-state index contributed by atoms with van der Waals surface area (Å²) in [6.45, 7) is 4.04. The molecular weight excluding hydrogens is 316 g/mol. The summed E-state index contributed by atoms with van der Waals surface area (Å²) in [5, 5.41) is 0. The van der Waals surface area contributed by atoms with Crippen molar-refractivity contribution in [1.29, 1.82) is 0 Å². The number of hydrogen-bond donors (Lipinski definition) is 0. The van der Waals surface area contributed by atoms with Crippen LogP contribution < -0.4 is 4.74 Å². The summed E-state index contributed by atoms with van der Waals surface area (Å²) in [5.74, 6) is 1.56. The number of nitrogens with zero attached hydrogens (tertiary/aromatic N) is 2. The zero-order valence-electron chi connectivity index (χ0n) is 10.1.